The van der Waals surface area contributed by atoms with E-state index in [0.29, 0.717) is 25.4 Å². The third kappa shape index (κ3) is 3.52. The molecular weight excluding hydrogens is 272 g/mol. The summed E-state index contributed by atoms with van der Waals surface area (Å²) in [6.45, 7) is 6.31. The number of benzene rings is 1. The van der Waals surface area contributed by atoms with Gasteiger partial charge in [0.25, 0.3) is 0 Å². The highest BCUT2D eigenvalue weighted by atomic mass is 16.5. The lowest BCUT2D eigenvalue weighted by atomic mass is 9.99. The highest BCUT2D eigenvalue weighted by Crippen LogP contribution is 2.18. The number of carbonyl (C=O) groups is 2. The van der Waals surface area contributed by atoms with Gasteiger partial charge in [0.2, 0.25) is 5.91 Å². The van der Waals surface area contributed by atoms with Gasteiger partial charge < -0.3 is 15.2 Å². The maximum atomic E-state index is 11.8. The Kier molecular flexibility index (Phi) is 4.47. The van der Waals surface area contributed by atoms with Crippen molar-refractivity contribution in [2.75, 3.05) is 26.2 Å². The first kappa shape index (κ1) is 15.3. The number of piperazine rings is 1. The monoisotopic (exact) mass is 292 g/mol. The van der Waals surface area contributed by atoms with Crippen molar-refractivity contribution in [3.63, 3.8) is 0 Å². The van der Waals surface area contributed by atoms with E-state index in [1.165, 1.54) is 12.1 Å². The first-order valence-electron chi connectivity index (χ1n) is 6.91. The zero-order valence-corrected chi connectivity index (χ0v) is 12.3. The van der Waals surface area contributed by atoms with Crippen LogP contribution in [0, 0.1) is 0 Å². The summed E-state index contributed by atoms with van der Waals surface area (Å²) in [5.41, 5.74) is -0.300. The van der Waals surface area contributed by atoms with Crippen molar-refractivity contribution in [2.45, 2.75) is 19.4 Å². The Morgan fingerprint density at radius 1 is 1.38 bits per heavy atom. The summed E-state index contributed by atoms with van der Waals surface area (Å²) in [5.74, 6) is -0.304. The van der Waals surface area contributed by atoms with E-state index >= 15 is 0 Å². The van der Waals surface area contributed by atoms with Gasteiger partial charge in [-0.3, -0.25) is 9.69 Å². The average molecular weight is 292 g/mol. The van der Waals surface area contributed by atoms with Gasteiger partial charge >= 0.3 is 5.97 Å². The van der Waals surface area contributed by atoms with E-state index in [2.05, 4.69) is 10.2 Å². The fourth-order valence-electron chi connectivity index (χ4n) is 2.30. The van der Waals surface area contributed by atoms with Crippen molar-refractivity contribution in [1.29, 1.82) is 0 Å². The van der Waals surface area contributed by atoms with Crippen molar-refractivity contribution < 1.29 is 19.4 Å². The Labute approximate surface area is 123 Å². The molecule has 114 valence electrons. The zero-order chi connectivity index (χ0) is 15.5. The summed E-state index contributed by atoms with van der Waals surface area (Å²) >= 11 is 0. The van der Waals surface area contributed by atoms with Crippen LogP contribution in [-0.4, -0.2) is 53.7 Å². The van der Waals surface area contributed by atoms with E-state index in [0.717, 1.165) is 6.54 Å². The second-order valence-corrected chi connectivity index (χ2v) is 5.48. The van der Waals surface area contributed by atoms with E-state index in [9.17, 15) is 9.59 Å². The van der Waals surface area contributed by atoms with Crippen molar-refractivity contribution in [3.8, 4) is 5.75 Å². The minimum atomic E-state index is -0.956. The van der Waals surface area contributed by atoms with E-state index in [1.54, 1.807) is 12.1 Å². The lowest BCUT2D eigenvalue weighted by molar-refractivity contribution is -0.135. The zero-order valence-electron chi connectivity index (χ0n) is 12.3. The molecule has 0 spiro atoms. The van der Waals surface area contributed by atoms with Crippen LogP contribution < -0.4 is 10.1 Å². The second kappa shape index (κ2) is 6.13. The van der Waals surface area contributed by atoms with Gasteiger partial charge in [0.05, 0.1) is 11.1 Å². The standard InChI is InChI=1S/C15H20N2O4/c1-15(2)14(20)16-7-8-17(15)9-10-21-12-5-3-11(4-6-12)13(18)19/h3-6H,7-10H2,1-2H3,(H,16,20)(H,18,19). The van der Waals surface area contributed by atoms with Crippen molar-refractivity contribution >= 4 is 11.9 Å². The fraction of sp³-hybridized carbons (Fsp3) is 0.467. The largest absolute Gasteiger partial charge is 0.492 e. The number of rotatable bonds is 5. The molecule has 1 aromatic carbocycles. The van der Waals surface area contributed by atoms with Gasteiger partial charge in [-0.05, 0) is 38.1 Å². The van der Waals surface area contributed by atoms with Gasteiger partial charge in [-0.25, -0.2) is 4.79 Å². The van der Waals surface area contributed by atoms with Crippen LogP contribution in [0.25, 0.3) is 0 Å². The number of ether oxygens (including phenoxy) is 1. The molecule has 0 aromatic heterocycles. The van der Waals surface area contributed by atoms with E-state index < -0.39 is 11.5 Å². The number of carboxylic acids is 1. The molecule has 1 saturated heterocycles. The van der Waals surface area contributed by atoms with Crippen LogP contribution in [0.2, 0.25) is 0 Å². The molecule has 0 radical (unpaired) electrons. The molecule has 1 heterocycles. The number of amides is 1. The molecule has 1 fully saturated rings. The summed E-state index contributed by atoms with van der Waals surface area (Å²) < 4.78 is 5.61. The van der Waals surface area contributed by atoms with Crippen LogP contribution >= 0.6 is 0 Å². The van der Waals surface area contributed by atoms with Crippen LogP contribution in [0.1, 0.15) is 24.2 Å². The summed E-state index contributed by atoms with van der Waals surface area (Å²) in [6.07, 6.45) is 0. The Hall–Kier alpha value is -2.08. The maximum absolute atomic E-state index is 11.8. The molecule has 6 nitrogen and oxygen atoms in total. The predicted molar refractivity (Wildman–Crippen MR) is 77.6 cm³/mol. The number of hydrogen-bond acceptors (Lipinski definition) is 4. The molecule has 6 heteroatoms. The number of carboxylic acid groups (broad SMARTS) is 1. The predicted octanol–water partition coefficient (Wildman–Crippen LogP) is 0.974. The SMILES string of the molecule is CC1(C)C(=O)NCCN1CCOc1ccc(C(=O)O)cc1. The molecular formula is C15H20N2O4. The van der Waals surface area contributed by atoms with Gasteiger partial charge in [-0.15, -0.1) is 0 Å². The summed E-state index contributed by atoms with van der Waals surface area (Å²) in [7, 11) is 0. The number of nitrogens with zero attached hydrogens (tertiary/aromatic N) is 1. The molecule has 0 atom stereocenters. The molecule has 1 aliphatic rings. The number of nitrogens with one attached hydrogen (secondary N) is 1. The molecule has 1 amide bonds. The molecule has 0 saturated carbocycles. The molecule has 0 unspecified atom stereocenters. The second-order valence-electron chi connectivity index (χ2n) is 5.48. The molecule has 1 aromatic rings. The lowest BCUT2D eigenvalue weighted by Gasteiger charge is -2.41. The van der Waals surface area contributed by atoms with Crippen molar-refractivity contribution in [1.82, 2.24) is 10.2 Å². The van der Waals surface area contributed by atoms with Crippen LogP contribution in [0.4, 0.5) is 0 Å². The minimum absolute atomic E-state index is 0.0274. The fourth-order valence-corrected chi connectivity index (χ4v) is 2.30. The molecule has 0 aliphatic carbocycles. The highest BCUT2D eigenvalue weighted by molar-refractivity contribution is 5.87. The van der Waals surface area contributed by atoms with Gasteiger partial charge in [-0.2, -0.15) is 0 Å². The summed E-state index contributed by atoms with van der Waals surface area (Å²) in [5, 5.41) is 11.7. The van der Waals surface area contributed by atoms with Crippen molar-refractivity contribution in [2.24, 2.45) is 0 Å². The molecule has 21 heavy (non-hydrogen) atoms. The van der Waals surface area contributed by atoms with Gasteiger partial charge in [0.15, 0.2) is 0 Å². The van der Waals surface area contributed by atoms with Crippen LogP contribution in [0.5, 0.6) is 5.75 Å². The normalized spacial score (nSPS) is 18.1. The third-order valence-electron chi connectivity index (χ3n) is 3.74. The Balaban J connectivity index is 1.86. The van der Waals surface area contributed by atoms with E-state index in [4.69, 9.17) is 9.84 Å². The average Bonchev–Trinajstić information content (AvgIpc) is 2.44. The van der Waals surface area contributed by atoms with Gasteiger partial charge in [0, 0.05) is 19.6 Å². The highest BCUT2D eigenvalue weighted by Gasteiger charge is 2.37. The lowest BCUT2D eigenvalue weighted by Crippen LogP contribution is -2.62. The van der Waals surface area contributed by atoms with Gasteiger partial charge in [0.1, 0.15) is 12.4 Å². The number of hydrogen-bond donors (Lipinski definition) is 2. The van der Waals surface area contributed by atoms with Crippen LogP contribution in [0.3, 0.4) is 0 Å². The number of aromatic carboxylic acids is 1. The molecule has 2 rings (SSSR count). The topological polar surface area (TPSA) is 78.9 Å². The van der Waals surface area contributed by atoms with Crippen LogP contribution in [0.15, 0.2) is 24.3 Å². The quantitative estimate of drug-likeness (QED) is 0.845. The summed E-state index contributed by atoms with van der Waals surface area (Å²) in [6, 6.07) is 6.29. The van der Waals surface area contributed by atoms with Crippen molar-refractivity contribution in [3.05, 3.63) is 29.8 Å². The molecule has 1 aliphatic heterocycles. The van der Waals surface area contributed by atoms with Gasteiger partial charge in [-0.1, -0.05) is 0 Å². The minimum Gasteiger partial charge on any atom is -0.492 e. The molecule has 0 bridgehead atoms. The van der Waals surface area contributed by atoms with Crippen LogP contribution in [-0.2, 0) is 4.79 Å². The maximum Gasteiger partial charge on any atom is 0.335 e. The summed E-state index contributed by atoms with van der Waals surface area (Å²) in [4.78, 5) is 24.6. The Bertz CT molecular complexity index is 525. The van der Waals surface area contributed by atoms with E-state index in [1.807, 2.05) is 13.8 Å². The van der Waals surface area contributed by atoms with E-state index in [-0.39, 0.29) is 11.5 Å². The smallest absolute Gasteiger partial charge is 0.335 e. The first-order chi connectivity index (χ1) is 9.91. The Morgan fingerprint density at radius 3 is 2.67 bits per heavy atom. The Morgan fingerprint density at radius 2 is 2.05 bits per heavy atom. The number of carbonyl (C=O) groups excluding carboxylic acids is 1. The third-order valence-corrected chi connectivity index (χ3v) is 3.74. The molecule has 2 N–H and O–H groups in total. The first-order valence-corrected chi connectivity index (χ1v) is 6.91.